The Morgan fingerprint density at radius 3 is 2.16 bits per heavy atom. The molecule has 0 aromatic carbocycles. The van der Waals surface area contributed by atoms with Gasteiger partial charge in [0.15, 0.2) is 0 Å². The van der Waals surface area contributed by atoms with Crippen LogP contribution in [-0.2, 0) is 28.6 Å². The van der Waals surface area contributed by atoms with Gasteiger partial charge in [-0.15, -0.1) is 0 Å². The summed E-state index contributed by atoms with van der Waals surface area (Å²) in [6.07, 6.45) is -0.247. The maximum atomic E-state index is 13.1. The van der Waals surface area contributed by atoms with Crippen molar-refractivity contribution in [3.05, 3.63) is 12.2 Å². The number of hydrogen-bond donors (Lipinski definition) is 4. The molecule has 0 radical (unpaired) electrons. The number of hydrogen-bond acceptors (Lipinski definition) is 10. The quantitative estimate of drug-likeness (QED) is 0.209. The third kappa shape index (κ3) is 4.02. The van der Waals surface area contributed by atoms with Gasteiger partial charge in [0.05, 0.1) is 30.8 Å². The first-order chi connectivity index (χ1) is 20.3. The summed E-state index contributed by atoms with van der Waals surface area (Å²) in [5.41, 5.74) is -6.62. The summed E-state index contributed by atoms with van der Waals surface area (Å²) in [5, 5.41) is 50.3. The van der Waals surface area contributed by atoms with Crippen molar-refractivity contribution >= 4 is 17.9 Å². The number of aliphatic hydroxyl groups is 4. The monoisotopic (exact) mass is 620 g/mol. The molecule has 0 bridgehead atoms. The van der Waals surface area contributed by atoms with E-state index in [1.807, 2.05) is 20.8 Å². The predicted molar refractivity (Wildman–Crippen MR) is 159 cm³/mol. The molecule has 5 aliphatic carbocycles. The summed E-state index contributed by atoms with van der Waals surface area (Å²) < 4.78 is 16.5. The van der Waals surface area contributed by atoms with Crippen molar-refractivity contribution < 1.29 is 49.0 Å². The van der Waals surface area contributed by atoms with Crippen LogP contribution in [0.3, 0.4) is 0 Å². The van der Waals surface area contributed by atoms with Gasteiger partial charge in [0.25, 0.3) is 0 Å². The average molecular weight is 621 g/mol. The number of rotatable bonds is 4. The molecule has 0 aromatic heterocycles. The molecule has 5 saturated carbocycles. The van der Waals surface area contributed by atoms with Crippen molar-refractivity contribution in [3.8, 4) is 0 Å². The molecule has 0 heterocycles. The minimum Gasteiger partial charge on any atom is -0.469 e. The Balaban J connectivity index is 1.64. The van der Waals surface area contributed by atoms with Crippen LogP contribution in [0, 0.1) is 45.3 Å². The molecule has 248 valence electrons. The van der Waals surface area contributed by atoms with E-state index in [9.17, 15) is 34.8 Å². The molecule has 10 nitrogen and oxygen atoms in total. The fourth-order valence-corrected chi connectivity index (χ4v) is 11.9. The summed E-state index contributed by atoms with van der Waals surface area (Å²) >= 11 is 0. The molecule has 0 aromatic rings. The zero-order chi connectivity index (χ0) is 32.8. The number of fused-ring (bicyclic) bond motifs is 7. The summed E-state index contributed by atoms with van der Waals surface area (Å²) in [7, 11) is 1.33. The van der Waals surface area contributed by atoms with Crippen LogP contribution in [0.5, 0.6) is 0 Å². The number of carbonyl (C=O) groups excluding carboxylic acids is 3. The summed E-state index contributed by atoms with van der Waals surface area (Å²) in [6.45, 7) is 14.4. The zero-order valence-corrected chi connectivity index (χ0v) is 27.4. The van der Waals surface area contributed by atoms with Gasteiger partial charge in [-0.2, -0.15) is 0 Å². The molecule has 0 aliphatic heterocycles. The standard InChI is InChI=1S/C34H52O10/c1-18-15-22(28(39)42-8)30(6)12-13-31(7)26-25(37)27(38)32(17-43-20(3)35)19(2)23(44-21(4)36)9-10-24(32)29(26,5)11-14-33(31,40)34(30,41)16-18/h19,22-27,37-38,40-41H,1,9-17H2,2-8H3/t19-,22+,23-,24-,25-,26-,27+,29-,30-,31+,32+,33-,34-/m0/s1. The normalized spacial score (nSPS) is 51.5. The lowest BCUT2D eigenvalue weighted by Crippen LogP contribution is -2.82. The van der Waals surface area contributed by atoms with Crippen molar-refractivity contribution in [2.75, 3.05) is 13.7 Å². The van der Waals surface area contributed by atoms with Crippen molar-refractivity contribution in [2.45, 2.75) is 122 Å². The highest BCUT2D eigenvalue weighted by Gasteiger charge is 2.81. The Hall–Kier alpha value is -2.01. The molecule has 0 saturated heterocycles. The lowest BCUT2D eigenvalue weighted by molar-refractivity contribution is -0.372. The van der Waals surface area contributed by atoms with E-state index in [4.69, 9.17) is 14.2 Å². The number of esters is 3. The largest absolute Gasteiger partial charge is 0.469 e. The predicted octanol–water partition coefficient (Wildman–Crippen LogP) is 3.07. The van der Waals surface area contributed by atoms with Crippen molar-refractivity contribution in [1.82, 2.24) is 0 Å². The lowest BCUT2D eigenvalue weighted by Gasteiger charge is -2.76. The maximum Gasteiger partial charge on any atom is 0.309 e. The Labute approximate surface area is 260 Å². The smallest absolute Gasteiger partial charge is 0.309 e. The first kappa shape index (κ1) is 33.4. The van der Waals surface area contributed by atoms with Gasteiger partial charge in [-0.1, -0.05) is 39.8 Å². The number of aliphatic hydroxyl groups excluding tert-OH is 2. The molecule has 0 spiro atoms. The van der Waals surface area contributed by atoms with Crippen LogP contribution < -0.4 is 0 Å². The zero-order valence-electron chi connectivity index (χ0n) is 27.4. The fourth-order valence-electron chi connectivity index (χ4n) is 11.9. The molecule has 0 amide bonds. The van der Waals surface area contributed by atoms with E-state index in [0.29, 0.717) is 44.1 Å². The van der Waals surface area contributed by atoms with Gasteiger partial charge in [0, 0.05) is 48.3 Å². The second-order valence-electron chi connectivity index (χ2n) is 15.6. The minimum absolute atomic E-state index is 0.117. The highest BCUT2D eigenvalue weighted by Crippen LogP contribution is 2.76. The minimum atomic E-state index is -1.74. The van der Waals surface area contributed by atoms with E-state index in [2.05, 4.69) is 13.5 Å². The van der Waals surface area contributed by atoms with Crippen molar-refractivity contribution in [1.29, 1.82) is 0 Å². The summed E-state index contributed by atoms with van der Waals surface area (Å²) in [5.74, 6) is -3.42. The third-order valence-electron chi connectivity index (χ3n) is 14.1. The maximum absolute atomic E-state index is 13.1. The molecular formula is C34H52O10. The topological polar surface area (TPSA) is 160 Å². The summed E-state index contributed by atoms with van der Waals surface area (Å²) in [4.78, 5) is 37.2. The van der Waals surface area contributed by atoms with Crippen LogP contribution in [0.25, 0.3) is 0 Å². The summed E-state index contributed by atoms with van der Waals surface area (Å²) in [6, 6.07) is 0. The van der Waals surface area contributed by atoms with E-state index >= 15 is 0 Å². The van der Waals surface area contributed by atoms with Gasteiger partial charge in [-0.3, -0.25) is 14.4 Å². The fraction of sp³-hybridized carbons (Fsp3) is 0.853. The Bertz CT molecular complexity index is 1230. The highest BCUT2D eigenvalue weighted by atomic mass is 16.5. The number of ether oxygens (including phenoxy) is 3. The van der Waals surface area contributed by atoms with Crippen LogP contribution in [0.2, 0.25) is 0 Å². The van der Waals surface area contributed by atoms with Gasteiger partial charge in [0.1, 0.15) is 18.3 Å². The van der Waals surface area contributed by atoms with Crippen LogP contribution in [-0.4, -0.2) is 81.6 Å². The van der Waals surface area contributed by atoms with Crippen LogP contribution in [0.4, 0.5) is 0 Å². The van der Waals surface area contributed by atoms with E-state index in [-0.39, 0.29) is 25.4 Å². The molecule has 0 unspecified atom stereocenters. The molecule has 10 heteroatoms. The SMILES string of the molecule is C=C1C[C@H](C(=O)OC)[C@]2(C)CC[C@]3(C)[C@H]4[C@H](O)[C@@H](O)[C@]5(COC(C)=O)[C@@H](C)[C@@H](OC(C)=O)CC[C@H]5[C@]4(C)CC[C@@]3(O)[C@]2(O)C1. The molecule has 44 heavy (non-hydrogen) atoms. The van der Waals surface area contributed by atoms with Gasteiger partial charge in [-0.25, -0.2) is 0 Å². The van der Waals surface area contributed by atoms with E-state index < -0.39 is 86.8 Å². The number of methoxy groups -OCH3 is 1. The van der Waals surface area contributed by atoms with Gasteiger partial charge in [0.2, 0.25) is 0 Å². The Morgan fingerprint density at radius 2 is 1.57 bits per heavy atom. The average Bonchev–Trinajstić information content (AvgIpc) is 2.94. The van der Waals surface area contributed by atoms with E-state index in [1.54, 1.807) is 0 Å². The second-order valence-corrected chi connectivity index (χ2v) is 15.6. The van der Waals surface area contributed by atoms with Crippen LogP contribution in [0.1, 0.15) is 92.9 Å². The van der Waals surface area contributed by atoms with Gasteiger partial charge >= 0.3 is 17.9 Å². The van der Waals surface area contributed by atoms with Crippen molar-refractivity contribution in [3.63, 3.8) is 0 Å². The Morgan fingerprint density at radius 1 is 0.932 bits per heavy atom. The third-order valence-corrected chi connectivity index (χ3v) is 14.1. The molecular weight excluding hydrogens is 568 g/mol. The number of carbonyl (C=O) groups is 3. The molecule has 5 fully saturated rings. The first-order valence-corrected chi connectivity index (χ1v) is 16.2. The molecule has 5 aliphatic rings. The van der Waals surface area contributed by atoms with Crippen LogP contribution in [0.15, 0.2) is 12.2 Å². The first-order valence-electron chi connectivity index (χ1n) is 16.2. The molecule has 4 N–H and O–H groups in total. The van der Waals surface area contributed by atoms with Crippen LogP contribution >= 0.6 is 0 Å². The Kier molecular flexibility index (Phi) is 7.96. The van der Waals surface area contributed by atoms with Crippen molar-refractivity contribution in [2.24, 2.45) is 45.3 Å². The lowest BCUT2D eigenvalue weighted by atomic mass is 9.30. The second kappa shape index (κ2) is 10.5. The highest BCUT2D eigenvalue weighted by molar-refractivity contribution is 5.74. The molecule has 5 rings (SSSR count). The van der Waals surface area contributed by atoms with E-state index in [0.717, 1.165) is 0 Å². The van der Waals surface area contributed by atoms with Gasteiger partial charge in [-0.05, 0) is 56.3 Å². The van der Waals surface area contributed by atoms with E-state index in [1.165, 1.54) is 21.0 Å². The van der Waals surface area contributed by atoms with Gasteiger partial charge < -0.3 is 34.6 Å². The molecule has 13 atom stereocenters.